The topological polar surface area (TPSA) is 58.6 Å². The van der Waals surface area contributed by atoms with Crippen molar-refractivity contribution in [3.8, 4) is 0 Å². The van der Waals surface area contributed by atoms with Gasteiger partial charge in [-0.05, 0) is 19.4 Å². The standard InChI is InChI=1S/C18H26N2O3/c21-17(16-6-2-1-3-7-16)8-4-9-18(22)19-10-5-11-20-12-14-23-15-13-20/h1-3,6-7H,4-5,8-15H2,(H,19,22). The zero-order valence-corrected chi connectivity index (χ0v) is 13.6. The quantitative estimate of drug-likeness (QED) is 0.558. The van der Waals surface area contributed by atoms with Gasteiger partial charge in [-0.25, -0.2) is 0 Å². The molecule has 1 aliphatic rings. The van der Waals surface area contributed by atoms with Gasteiger partial charge in [0.25, 0.3) is 0 Å². The summed E-state index contributed by atoms with van der Waals surface area (Å²) in [7, 11) is 0. The number of nitrogens with one attached hydrogen (secondary N) is 1. The maximum atomic E-state index is 11.9. The van der Waals surface area contributed by atoms with Crippen molar-refractivity contribution in [1.29, 1.82) is 0 Å². The lowest BCUT2D eigenvalue weighted by molar-refractivity contribution is -0.121. The molecule has 1 heterocycles. The molecule has 0 spiro atoms. The zero-order chi connectivity index (χ0) is 16.3. The van der Waals surface area contributed by atoms with E-state index in [1.807, 2.05) is 30.3 Å². The Morgan fingerprint density at radius 1 is 1.04 bits per heavy atom. The Bertz CT molecular complexity index is 484. The van der Waals surface area contributed by atoms with Gasteiger partial charge in [-0.2, -0.15) is 0 Å². The largest absolute Gasteiger partial charge is 0.379 e. The van der Waals surface area contributed by atoms with E-state index in [1.165, 1.54) is 0 Å². The fourth-order valence-electron chi connectivity index (χ4n) is 2.62. The highest BCUT2D eigenvalue weighted by molar-refractivity contribution is 5.96. The van der Waals surface area contributed by atoms with E-state index in [9.17, 15) is 9.59 Å². The highest BCUT2D eigenvalue weighted by Gasteiger charge is 2.10. The maximum absolute atomic E-state index is 11.9. The second kappa shape index (κ2) is 10.1. The number of nitrogens with zero attached hydrogens (tertiary/aromatic N) is 1. The van der Waals surface area contributed by atoms with Crippen molar-refractivity contribution in [3.63, 3.8) is 0 Å². The Hall–Kier alpha value is -1.72. The highest BCUT2D eigenvalue weighted by atomic mass is 16.5. The molecule has 0 aromatic heterocycles. The van der Waals surface area contributed by atoms with Crippen molar-refractivity contribution in [1.82, 2.24) is 10.2 Å². The minimum atomic E-state index is 0.0350. The van der Waals surface area contributed by atoms with E-state index >= 15 is 0 Å². The first kappa shape index (κ1) is 17.6. The van der Waals surface area contributed by atoms with Crippen molar-refractivity contribution in [3.05, 3.63) is 35.9 Å². The van der Waals surface area contributed by atoms with Crippen LogP contribution in [0.2, 0.25) is 0 Å². The van der Waals surface area contributed by atoms with Crippen LogP contribution in [0.3, 0.4) is 0 Å². The number of hydrogen-bond donors (Lipinski definition) is 1. The molecule has 0 unspecified atom stereocenters. The fraction of sp³-hybridized carbons (Fsp3) is 0.556. The molecule has 0 aliphatic carbocycles. The van der Waals surface area contributed by atoms with Crippen LogP contribution in [-0.2, 0) is 9.53 Å². The summed E-state index contributed by atoms with van der Waals surface area (Å²) in [5.41, 5.74) is 0.721. The second-order valence-electron chi connectivity index (χ2n) is 5.80. The molecule has 0 radical (unpaired) electrons. The van der Waals surface area contributed by atoms with E-state index in [1.54, 1.807) is 0 Å². The number of morpholine rings is 1. The lowest BCUT2D eigenvalue weighted by atomic mass is 10.1. The lowest BCUT2D eigenvalue weighted by Gasteiger charge is -2.26. The van der Waals surface area contributed by atoms with Gasteiger partial charge in [-0.1, -0.05) is 30.3 Å². The first-order chi connectivity index (χ1) is 11.3. The summed E-state index contributed by atoms with van der Waals surface area (Å²) in [6.07, 6.45) is 2.39. The lowest BCUT2D eigenvalue weighted by Crippen LogP contribution is -2.38. The number of ketones is 1. The van der Waals surface area contributed by atoms with Crippen molar-refractivity contribution in [2.45, 2.75) is 25.7 Å². The van der Waals surface area contributed by atoms with Crippen molar-refractivity contribution >= 4 is 11.7 Å². The number of hydrogen-bond acceptors (Lipinski definition) is 4. The van der Waals surface area contributed by atoms with Gasteiger partial charge < -0.3 is 10.1 Å². The van der Waals surface area contributed by atoms with Crippen LogP contribution in [-0.4, -0.2) is 56.0 Å². The Balaban J connectivity index is 1.50. The molecule has 1 N–H and O–H groups in total. The first-order valence-electron chi connectivity index (χ1n) is 8.41. The molecule has 1 aromatic carbocycles. The van der Waals surface area contributed by atoms with Gasteiger partial charge in [-0.3, -0.25) is 14.5 Å². The fourth-order valence-corrected chi connectivity index (χ4v) is 2.62. The molecule has 1 amide bonds. The molecule has 23 heavy (non-hydrogen) atoms. The minimum absolute atomic E-state index is 0.0350. The molecule has 1 fully saturated rings. The normalized spacial score (nSPS) is 15.3. The third-order valence-electron chi connectivity index (χ3n) is 3.98. The van der Waals surface area contributed by atoms with Crippen LogP contribution in [0, 0.1) is 0 Å². The molecule has 0 saturated carbocycles. The predicted molar refractivity (Wildman–Crippen MR) is 89.5 cm³/mol. The monoisotopic (exact) mass is 318 g/mol. The molecule has 0 atom stereocenters. The smallest absolute Gasteiger partial charge is 0.220 e. The van der Waals surface area contributed by atoms with Crippen LogP contribution in [0.5, 0.6) is 0 Å². The molecule has 126 valence electrons. The summed E-state index contributed by atoms with van der Waals surface area (Å²) in [5, 5.41) is 2.93. The highest BCUT2D eigenvalue weighted by Crippen LogP contribution is 2.06. The third kappa shape index (κ3) is 6.93. The van der Waals surface area contributed by atoms with Gasteiger partial charge in [0.05, 0.1) is 13.2 Å². The number of ether oxygens (including phenoxy) is 1. The van der Waals surface area contributed by atoms with Gasteiger partial charge in [0, 0.05) is 38.0 Å². The minimum Gasteiger partial charge on any atom is -0.379 e. The summed E-state index contributed by atoms with van der Waals surface area (Å²) in [6.45, 7) is 5.27. The number of rotatable bonds is 9. The predicted octanol–water partition coefficient (Wildman–Crippen LogP) is 1.88. The van der Waals surface area contributed by atoms with Crippen LogP contribution in [0.1, 0.15) is 36.0 Å². The Morgan fingerprint density at radius 3 is 2.52 bits per heavy atom. The van der Waals surface area contributed by atoms with E-state index in [2.05, 4.69) is 10.2 Å². The zero-order valence-electron chi connectivity index (χ0n) is 13.6. The van der Waals surface area contributed by atoms with E-state index in [0.29, 0.717) is 25.8 Å². The van der Waals surface area contributed by atoms with E-state index in [0.717, 1.165) is 44.8 Å². The molecular weight excluding hydrogens is 292 g/mol. The van der Waals surface area contributed by atoms with Crippen molar-refractivity contribution in [2.75, 3.05) is 39.4 Å². The van der Waals surface area contributed by atoms with Gasteiger partial charge in [0.15, 0.2) is 5.78 Å². The molecule has 1 saturated heterocycles. The number of Topliss-reactive ketones (excluding diaryl/α,β-unsaturated/α-hetero) is 1. The molecule has 1 aromatic rings. The van der Waals surface area contributed by atoms with Gasteiger partial charge in [0.1, 0.15) is 0 Å². The molecular formula is C18H26N2O3. The second-order valence-corrected chi connectivity index (χ2v) is 5.80. The average Bonchev–Trinajstić information content (AvgIpc) is 2.60. The molecule has 5 nitrogen and oxygen atoms in total. The number of carbonyl (C=O) groups excluding carboxylic acids is 2. The van der Waals surface area contributed by atoms with Gasteiger partial charge >= 0.3 is 0 Å². The van der Waals surface area contributed by atoms with Crippen LogP contribution in [0.15, 0.2) is 30.3 Å². The first-order valence-corrected chi connectivity index (χ1v) is 8.41. The van der Waals surface area contributed by atoms with Crippen molar-refractivity contribution in [2.24, 2.45) is 0 Å². The average molecular weight is 318 g/mol. The van der Waals surface area contributed by atoms with Gasteiger partial charge in [-0.15, -0.1) is 0 Å². The molecule has 1 aliphatic heterocycles. The van der Waals surface area contributed by atoms with Gasteiger partial charge in [0.2, 0.25) is 5.91 Å². The maximum Gasteiger partial charge on any atom is 0.220 e. The number of benzene rings is 1. The summed E-state index contributed by atoms with van der Waals surface area (Å²) in [6, 6.07) is 9.23. The third-order valence-corrected chi connectivity index (χ3v) is 3.98. The van der Waals surface area contributed by atoms with Crippen LogP contribution in [0.4, 0.5) is 0 Å². The van der Waals surface area contributed by atoms with Crippen LogP contribution in [0.25, 0.3) is 0 Å². The van der Waals surface area contributed by atoms with E-state index < -0.39 is 0 Å². The Labute approximate surface area is 138 Å². The summed E-state index contributed by atoms with van der Waals surface area (Å²) < 4.78 is 5.30. The van der Waals surface area contributed by atoms with Crippen molar-refractivity contribution < 1.29 is 14.3 Å². The van der Waals surface area contributed by atoms with Crippen LogP contribution < -0.4 is 5.32 Å². The SMILES string of the molecule is O=C(CCCC(=O)c1ccccc1)NCCCN1CCOCC1. The number of amides is 1. The summed E-state index contributed by atoms with van der Waals surface area (Å²) in [5.74, 6) is 0.138. The molecule has 2 rings (SSSR count). The Kier molecular flexibility index (Phi) is 7.77. The number of carbonyl (C=O) groups is 2. The van der Waals surface area contributed by atoms with Crippen LogP contribution >= 0.6 is 0 Å². The summed E-state index contributed by atoms with van der Waals surface area (Å²) >= 11 is 0. The van der Waals surface area contributed by atoms with E-state index in [4.69, 9.17) is 4.74 Å². The molecule has 0 bridgehead atoms. The molecule has 5 heteroatoms. The summed E-state index contributed by atoms with van der Waals surface area (Å²) in [4.78, 5) is 26.0. The Morgan fingerprint density at radius 2 is 1.78 bits per heavy atom. The van der Waals surface area contributed by atoms with E-state index in [-0.39, 0.29) is 11.7 Å².